The third kappa shape index (κ3) is 1.84. The van der Waals surface area contributed by atoms with Crippen LogP contribution in [0.25, 0.3) is 10.9 Å². The first-order chi connectivity index (χ1) is 9.31. The van der Waals surface area contributed by atoms with Crippen molar-refractivity contribution < 1.29 is 5.11 Å². The Morgan fingerprint density at radius 2 is 1.68 bits per heavy atom. The summed E-state index contributed by atoms with van der Waals surface area (Å²) in [6.07, 6.45) is 0. The van der Waals surface area contributed by atoms with Crippen LogP contribution < -0.4 is 0 Å². The van der Waals surface area contributed by atoms with Crippen LogP contribution in [0.2, 0.25) is 0 Å². The molecule has 0 saturated carbocycles. The maximum Gasteiger partial charge on any atom is 0.210 e. The minimum Gasteiger partial charge on any atom is -0.493 e. The molecule has 0 amide bonds. The highest BCUT2D eigenvalue weighted by Crippen LogP contribution is 2.31. The normalized spacial score (nSPS) is 10.5. The van der Waals surface area contributed by atoms with Gasteiger partial charge in [-0.3, -0.25) is 0 Å². The van der Waals surface area contributed by atoms with Crippen LogP contribution in [0.5, 0.6) is 5.88 Å². The van der Waals surface area contributed by atoms with Crippen LogP contribution in [0.3, 0.4) is 0 Å². The van der Waals surface area contributed by atoms with Crippen LogP contribution in [0.1, 0.15) is 11.1 Å². The molecular formula is C16H12N2O. The zero-order chi connectivity index (χ0) is 13.2. The first-order valence-electron chi connectivity index (χ1n) is 6.05. The molecule has 2 aromatic carbocycles. The molecule has 0 atom stereocenters. The number of hydrogen-bond acceptors (Lipinski definition) is 2. The molecule has 19 heavy (non-hydrogen) atoms. The Labute approximate surface area is 111 Å². The van der Waals surface area contributed by atoms with Crippen molar-refractivity contribution in [2.24, 2.45) is 0 Å². The summed E-state index contributed by atoms with van der Waals surface area (Å²) in [4.78, 5) is 0. The lowest BCUT2D eigenvalue weighted by Gasteiger charge is -2.06. The second kappa shape index (κ2) is 4.51. The van der Waals surface area contributed by atoms with E-state index in [1.807, 2.05) is 54.6 Å². The molecule has 3 heteroatoms. The fourth-order valence-electron chi connectivity index (χ4n) is 2.33. The van der Waals surface area contributed by atoms with Crippen molar-refractivity contribution in [3.63, 3.8) is 0 Å². The van der Waals surface area contributed by atoms with Gasteiger partial charge in [-0.15, -0.1) is 0 Å². The number of nitrogens with zero attached hydrogens (tertiary/aromatic N) is 2. The summed E-state index contributed by atoms with van der Waals surface area (Å²) < 4.78 is 1.77. The van der Waals surface area contributed by atoms with E-state index in [1.165, 1.54) is 0 Å². The smallest absolute Gasteiger partial charge is 0.210 e. The molecule has 3 nitrogen and oxygen atoms in total. The lowest BCUT2D eigenvalue weighted by molar-refractivity contribution is 0.427. The third-order valence-electron chi connectivity index (χ3n) is 3.24. The molecule has 0 unspecified atom stereocenters. The van der Waals surface area contributed by atoms with Gasteiger partial charge < -0.3 is 9.67 Å². The zero-order valence-corrected chi connectivity index (χ0v) is 10.2. The van der Waals surface area contributed by atoms with Crippen molar-refractivity contribution in [1.29, 1.82) is 5.26 Å². The summed E-state index contributed by atoms with van der Waals surface area (Å²) >= 11 is 0. The lowest BCUT2D eigenvalue weighted by Crippen LogP contribution is -1.98. The molecular weight excluding hydrogens is 236 g/mol. The fraction of sp³-hybridized carbons (Fsp3) is 0.0625. The molecule has 0 aliphatic rings. The van der Waals surface area contributed by atoms with Crippen molar-refractivity contribution in [1.82, 2.24) is 4.57 Å². The van der Waals surface area contributed by atoms with E-state index in [4.69, 9.17) is 0 Å². The Kier molecular flexibility index (Phi) is 2.70. The van der Waals surface area contributed by atoms with Gasteiger partial charge in [0.05, 0.1) is 12.1 Å². The summed E-state index contributed by atoms with van der Waals surface area (Å²) in [5, 5.41) is 20.2. The van der Waals surface area contributed by atoms with Crippen LogP contribution in [0.4, 0.5) is 0 Å². The molecule has 0 saturated heterocycles. The SMILES string of the molecule is N#Cc1c(O)n(Cc2ccccc2)c2ccccc12. The van der Waals surface area contributed by atoms with E-state index < -0.39 is 0 Å². The highest BCUT2D eigenvalue weighted by atomic mass is 16.3. The standard InChI is InChI=1S/C16H12N2O/c17-10-14-13-8-4-5-9-15(13)18(16(14)19)11-12-6-2-1-3-7-12/h1-9,19H,11H2. The summed E-state index contributed by atoms with van der Waals surface area (Å²) in [7, 11) is 0. The van der Waals surface area contributed by atoms with Crippen LogP contribution >= 0.6 is 0 Å². The van der Waals surface area contributed by atoms with Gasteiger partial charge in [0.2, 0.25) is 5.88 Å². The predicted molar refractivity (Wildman–Crippen MR) is 73.9 cm³/mol. The van der Waals surface area contributed by atoms with E-state index in [0.29, 0.717) is 12.1 Å². The quantitative estimate of drug-likeness (QED) is 0.756. The molecule has 92 valence electrons. The molecule has 3 rings (SSSR count). The fourth-order valence-corrected chi connectivity index (χ4v) is 2.33. The molecule has 0 aliphatic carbocycles. The maximum atomic E-state index is 10.2. The van der Waals surface area contributed by atoms with E-state index in [1.54, 1.807) is 4.57 Å². The second-order valence-electron chi connectivity index (χ2n) is 4.40. The van der Waals surface area contributed by atoms with Gasteiger partial charge in [-0.2, -0.15) is 5.26 Å². The molecule has 0 spiro atoms. The molecule has 3 aromatic rings. The Hall–Kier alpha value is -2.73. The van der Waals surface area contributed by atoms with Gasteiger partial charge in [-0.25, -0.2) is 0 Å². The number of rotatable bonds is 2. The summed E-state index contributed by atoms with van der Waals surface area (Å²) in [5.41, 5.74) is 2.30. The van der Waals surface area contributed by atoms with Crippen molar-refractivity contribution in [2.45, 2.75) is 6.54 Å². The molecule has 0 aliphatic heterocycles. The highest BCUT2D eigenvalue weighted by molar-refractivity contribution is 5.89. The Balaban J connectivity index is 2.19. The highest BCUT2D eigenvalue weighted by Gasteiger charge is 2.15. The van der Waals surface area contributed by atoms with Gasteiger partial charge in [-0.1, -0.05) is 48.5 Å². The van der Waals surface area contributed by atoms with Gasteiger partial charge in [0.25, 0.3) is 0 Å². The molecule has 0 radical (unpaired) electrons. The van der Waals surface area contributed by atoms with Crippen molar-refractivity contribution in [2.75, 3.05) is 0 Å². The van der Waals surface area contributed by atoms with Gasteiger partial charge in [0.1, 0.15) is 11.6 Å². The number of benzene rings is 2. The van der Waals surface area contributed by atoms with E-state index in [0.717, 1.165) is 16.5 Å². The maximum absolute atomic E-state index is 10.2. The molecule has 1 aromatic heterocycles. The van der Waals surface area contributed by atoms with Gasteiger partial charge >= 0.3 is 0 Å². The molecule has 1 N–H and O–H groups in total. The molecule has 0 fully saturated rings. The number of fused-ring (bicyclic) bond motifs is 1. The average Bonchev–Trinajstić information content (AvgIpc) is 2.73. The first-order valence-corrected chi connectivity index (χ1v) is 6.05. The number of aromatic hydroxyl groups is 1. The van der Waals surface area contributed by atoms with Gasteiger partial charge in [0, 0.05) is 5.39 Å². The Bertz CT molecular complexity index is 767. The van der Waals surface area contributed by atoms with Crippen LogP contribution in [0, 0.1) is 11.3 Å². The summed E-state index contributed by atoms with van der Waals surface area (Å²) in [6.45, 7) is 0.550. The summed E-state index contributed by atoms with van der Waals surface area (Å²) in [5.74, 6) is 0.0348. The second-order valence-corrected chi connectivity index (χ2v) is 4.40. The van der Waals surface area contributed by atoms with Crippen molar-refractivity contribution in [3.8, 4) is 11.9 Å². The zero-order valence-electron chi connectivity index (χ0n) is 10.2. The summed E-state index contributed by atoms with van der Waals surface area (Å²) in [6, 6.07) is 19.5. The van der Waals surface area contributed by atoms with Crippen molar-refractivity contribution in [3.05, 3.63) is 65.7 Å². The topological polar surface area (TPSA) is 48.9 Å². The molecule has 1 heterocycles. The average molecular weight is 248 g/mol. The monoisotopic (exact) mass is 248 g/mol. The van der Waals surface area contributed by atoms with E-state index in [2.05, 4.69) is 6.07 Å². The van der Waals surface area contributed by atoms with E-state index in [9.17, 15) is 10.4 Å². The third-order valence-corrected chi connectivity index (χ3v) is 3.24. The number of hydrogen-bond donors (Lipinski definition) is 1. The van der Waals surface area contributed by atoms with Crippen LogP contribution in [-0.2, 0) is 6.54 Å². The van der Waals surface area contributed by atoms with Crippen LogP contribution in [-0.4, -0.2) is 9.67 Å². The Morgan fingerprint density at radius 3 is 2.42 bits per heavy atom. The number of para-hydroxylation sites is 1. The van der Waals surface area contributed by atoms with E-state index >= 15 is 0 Å². The number of nitriles is 1. The minimum atomic E-state index is 0.0348. The first kappa shape index (κ1) is 11.4. The number of aromatic nitrogens is 1. The largest absolute Gasteiger partial charge is 0.493 e. The lowest BCUT2D eigenvalue weighted by atomic mass is 10.2. The van der Waals surface area contributed by atoms with Crippen molar-refractivity contribution >= 4 is 10.9 Å². The predicted octanol–water partition coefficient (Wildman–Crippen LogP) is 3.27. The van der Waals surface area contributed by atoms with E-state index in [-0.39, 0.29) is 5.88 Å². The minimum absolute atomic E-state index is 0.0348. The molecule has 0 bridgehead atoms. The Morgan fingerprint density at radius 1 is 1.00 bits per heavy atom. The van der Waals surface area contributed by atoms with Gasteiger partial charge in [-0.05, 0) is 11.6 Å². The van der Waals surface area contributed by atoms with Gasteiger partial charge in [0.15, 0.2) is 0 Å². The van der Waals surface area contributed by atoms with Crippen LogP contribution in [0.15, 0.2) is 54.6 Å².